The third kappa shape index (κ3) is 4.97. The van der Waals surface area contributed by atoms with Gasteiger partial charge in [0, 0.05) is 37.1 Å². The first-order valence-corrected chi connectivity index (χ1v) is 10.6. The normalized spacial score (nSPS) is 13.4. The Bertz CT molecular complexity index is 833. The summed E-state index contributed by atoms with van der Waals surface area (Å²) in [6, 6.07) is 14.0. The van der Waals surface area contributed by atoms with E-state index in [-0.39, 0.29) is 18.4 Å². The fourth-order valence-corrected chi connectivity index (χ4v) is 3.93. The van der Waals surface area contributed by atoms with Gasteiger partial charge in [-0.05, 0) is 61.1 Å². The Morgan fingerprint density at radius 1 is 0.966 bits per heavy atom. The second kappa shape index (κ2) is 9.59. The van der Waals surface area contributed by atoms with Gasteiger partial charge in [0.05, 0.1) is 0 Å². The van der Waals surface area contributed by atoms with Crippen molar-refractivity contribution in [1.29, 1.82) is 0 Å². The Balaban J connectivity index is 1.74. The van der Waals surface area contributed by atoms with Crippen LogP contribution in [-0.4, -0.2) is 31.4 Å². The number of para-hydroxylation sites is 1. The van der Waals surface area contributed by atoms with Crippen LogP contribution >= 0.6 is 0 Å². The van der Waals surface area contributed by atoms with Crippen LogP contribution in [0.5, 0.6) is 0 Å². The maximum atomic E-state index is 12.8. The molecule has 0 saturated carbocycles. The zero-order chi connectivity index (χ0) is 20.8. The number of rotatable bonds is 7. The topological polar surface area (TPSA) is 52.7 Å². The molecule has 1 N–H and O–H groups in total. The highest BCUT2D eigenvalue weighted by atomic mass is 16.2. The molecule has 0 aromatic heterocycles. The van der Waals surface area contributed by atoms with Crippen molar-refractivity contribution >= 4 is 28.9 Å². The summed E-state index contributed by atoms with van der Waals surface area (Å²) in [5.74, 6) is -0.326. The Labute approximate surface area is 173 Å². The SMILES string of the molecule is CCc1cccc(CC)c1NC(=O)CN(C(C)=O)c1ccc(N2CCCC2)cc1. The molecule has 29 heavy (non-hydrogen) atoms. The summed E-state index contributed by atoms with van der Waals surface area (Å²) < 4.78 is 0. The van der Waals surface area contributed by atoms with Crippen molar-refractivity contribution in [2.75, 3.05) is 34.8 Å². The lowest BCUT2D eigenvalue weighted by Gasteiger charge is -2.23. The smallest absolute Gasteiger partial charge is 0.244 e. The molecule has 1 aliphatic rings. The molecule has 1 fully saturated rings. The van der Waals surface area contributed by atoms with E-state index in [1.165, 1.54) is 30.4 Å². The minimum Gasteiger partial charge on any atom is -0.372 e. The van der Waals surface area contributed by atoms with Crippen LogP contribution in [0.1, 0.15) is 44.7 Å². The summed E-state index contributed by atoms with van der Waals surface area (Å²) >= 11 is 0. The van der Waals surface area contributed by atoms with E-state index in [4.69, 9.17) is 0 Å². The molecule has 5 heteroatoms. The van der Waals surface area contributed by atoms with E-state index in [1.54, 1.807) is 0 Å². The number of hydrogen-bond acceptors (Lipinski definition) is 3. The number of nitrogens with zero attached hydrogens (tertiary/aromatic N) is 2. The Hall–Kier alpha value is -2.82. The summed E-state index contributed by atoms with van der Waals surface area (Å²) in [7, 11) is 0. The van der Waals surface area contributed by atoms with Crippen molar-refractivity contribution < 1.29 is 9.59 Å². The van der Waals surface area contributed by atoms with Crippen molar-refractivity contribution in [3.05, 3.63) is 53.6 Å². The molecule has 0 radical (unpaired) electrons. The molecular weight excluding hydrogens is 362 g/mol. The van der Waals surface area contributed by atoms with Gasteiger partial charge in [0.2, 0.25) is 11.8 Å². The van der Waals surface area contributed by atoms with Gasteiger partial charge in [-0.15, -0.1) is 0 Å². The number of carbonyl (C=O) groups is 2. The van der Waals surface area contributed by atoms with E-state index < -0.39 is 0 Å². The highest BCUT2D eigenvalue weighted by Crippen LogP contribution is 2.25. The van der Waals surface area contributed by atoms with Crippen LogP contribution in [-0.2, 0) is 22.4 Å². The molecule has 1 heterocycles. The lowest BCUT2D eigenvalue weighted by Crippen LogP contribution is -2.37. The highest BCUT2D eigenvalue weighted by Gasteiger charge is 2.19. The Morgan fingerprint density at radius 3 is 2.07 bits per heavy atom. The minimum absolute atomic E-state index is 0.000400. The molecule has 1 saturated heterocycles. The standard InChI is InChI=1S/C24H31N3O2/c1-4-19-9-8-10-20(5-2)24(19)25-23(29)17-27(18(3)28)22-13-11-21(12-14-22)26-15-6-7-16-26/h8-14H,4-7,15-17H2,1-3H3,(H,25,29). The van der Waals surface area contributed by atoms with Gasteiger partial charge in [0.25, 0.3) is 0 Å². The van der Waals surface area contributed by atoms with Crippen LogP contribution in [0.25, 0.3) is 0 Å². The first-order chi connectivity index (χ1) is 14.0. The van der Waals surface area contributed by atoms with E-state index >= 15 is 0 Å². The molecule has 3 rings (SSSR count). The number of nitrogens with one attached hydrogen (secondary N) is 1. The second-order valence-corrected chi connectivity index (χ2v) is 7.52. The van der Waals surface area contributed by atoms with Crippen molar-refractivity contribution in [2.24, 2.45) is 0 Å². The van der Waals surface area contributed by atoms with Crippen molar-refractivity contribution in [1.82, 2.24) is 0 Å². The number of hydrogen-bond donors (Lipinski definition) is 1. The number of anilines is 3. The maximum Gasteiger partial charge on any atom is 0.244 e. The summed E-state index contributed by atoms with van der Waals surface area (Å²) in [6.45, 7) is 7.81. The molecule has 0 aliphatic carbocycles. The number of amides is 2. The van der Waals surface area contributed by atoms with E-state index in [9.17, 15) is 9.59 Å². The second-order valence-electron chi connectivity index (χ2n) is 7.52. The third-order valence-corrected chi connectivity index (χ3v) is 5.58. The van der Waals surface area contributed by atoms with E-state index in [1.807, 2.05) is 42.5 Å². The Morgan fingerprint density at radius 2 is 1.55 bits per heavy atom. The van der Waals surface area contributed by atoms with E-state index in [0.717, 1.165) is 48.4 Å². The largest absolute Gasteiger partial charge is 0.372 e. The van der Waals surface area contributed by atoms with Gasteiger partial charge in [0.15, 0.2) is 0 Å². The molecule has 0 bridgehead atoms. The minimum atomic E-state index is -0.181. The number of carbonyl (C=O) groups excluding carboxylic acids is 2. The van der Waals surface area contributed by atoms with Crippen molar-refractivity contribution in [3.63, 3.8) is 0 Å². The van der Waals surface area contributed by atoms with E-state index in [0.29, 0.717) is 0 Å². The van der Waals surface area contributed by atoms with Crippen molar-refractivity contribution in [3.8, 4) is 0 Å². The summed E-state index contributed by atoms with van der Waals surface area (Å²) in [4.78, 5) is 28.9. The zero-order valence-corrected chi connectivity index (χ0v) is 17.7. The molecule has 154 valence electrons. The van der Waals surface area contributed by atoms with Crippen LogP contribution in [0.4, 0.5) is 17.1 Å². The summed E-state index contributed by atoms with van der Waals surface area (Å²) in [5.41, 5.74) is 5.03. The molecule has 1 aliphatic heterocycles. The van der Waals surface area contributed by atoms with Gasteiger partial charge in [-0.3, -0.25) is 9.59 Å². The third-order valence-electron chi connectivity index (χ3n) is 5.58. The van der Waals surface area contributed by atoms with Gasteiger partial charge in [-0.2, -0.15) is 0 Å². The van der Waals surface area contributed by atoms with Crippen LogP contribution in [0.15, 0.2) is 42.5 Å². The first kappa shape index (κ1) is 20.9. The van der Waals surface area contributed by atoms with Crippen LogP contribution < -0.4 is 15.1 Å². The highest BCUT2D eigenvalue weighted by molar-refractivity contribution is 6.02. The maximum absolute atomic E-state index is 12.8. The molecule has 0 unspecified atom stereocenters. The quantitative estimate of drug-likeness (QED) is 0.758. The van der Waals surface area contributed by atoms with Crippen molar-refractivity contribution in [2.45, 2.75) is 46.5 Å². The molecule has 0 atom stereocenters. The fraction of sp³-hybridized carbons (Fsp3) is 0.417. The summed E-state index contributed by atoms with van der Waals surface area (Å²) in [5, 5.41) is 3.05. The summed E-state index contributed by atoms with van der Waals surface area (Å²) in [6.07, 6.45) is 4.14. The molecule has 2 amide bonds. The van der Waals surface area contributed by atoms with Gasteiger partial charge >= 0.3 is 0 Å². The molecule has 5 nitrogen and oxygen atoms in total. The molecule has 0 spiro atoms. The molecule has 2 aromatic carbocycles. The van der Waals surface area contributed by atoms with E-state index in [2.05, 4.69) is 24.1 Å². The lowest BCUT2D eigenvalue weighted by molar-refractivity contribution is -0.120. The predicted molar refractivity (Wildman–Crippen MR) is 120 cm³/mol. The Kier molecular flexibility index (Phi) is 6.91. The average Bonchev–Trinajstić information content (AvgIpc) is 3.27. The van der Waals surface area contributed by atoms with Crippen LogP contribution in [0, 0.1) is 0 Å². The van der Waals surface area contributed by atoms with Crippen LogP contribution in [0.2, 0.25) is 0 Å². The predicted octanol–water partition coefficient (Wildman–Crippen LogP) is 4.40. The van der Waals surface area contributed by atoms with Gasteiger partial charge in [-0.1, -0.05) is 32.0 Å². The number of aryl methyl sites for hydroxylation is 2. The van der Waals surface area contributed by atoms with Crippen LogP contribution in [0.3, 0.4) is 0 Å². The molecular formula is C24H31N3O2. The average molecular weight is 394 g/mol. The van der Waals surface area contributed by atoms with Gasteiger partial charge in [0.1, 0.15) is 6.54 Å². The zero-order valence-electron chi connectivity index (χ0n) is 17.7. The van der Waals surface area contributed by atoms with Gasteiger partial charge < -0.3 is 15.1 Å². The number of benzene rings is 2. The van der Waals surface area contributed by atoms with Gasteiger partial charge in [-0.25, -0.2) is 0 Å². The lowest BCUT2D eigenvalue weighted by atomic mass is 10.0. The fourth-order valence-electron chi connectivity index (χ4n) is 3.93. The monoisotopic (exact) mass is 393 g/mol. The molecule has 2 aromatic rings. The first-order valence-electron chi connectivity index (χ1n) is 10.6.